The number of anilines is 1. The minimum atomic E-state index is -2.18. The van der Waals surface area contributed by atoms with Crippen molar-refractivity contribution in [2.45, 2.75) is 92.6 Å². The Morgan fingerprint density at radius 3 is 2.54 bits per heavy atom. The highest BCUT2D eigenvalue weighted by atomic mass is 16.5. The molecule has 2 saturated heterocycles. The van der Waals surface area contributed by atoms with Gasteiger partial charge in [-0.1, -0.05) is 44.2 Å². The van der Waals surface area contributed by atoms with Crippen LogP contribution in [0.4, 0.5) is 5.69 Å². The van der Waals surface area contributed by atoms with E-state index in [-0.39, 0.29) is 12.0 Å². The summed E-state index contributed by atoms with van der Waals surface area (Å²) >= 11 is 0. The van der Waals surface area contributed by atoms with Gasteiger partial charge in [0.1, 0.15) is 17.3 Å². The van der Waals surface area contributed by atoms with E-state index in [0.717, 1.165) is 46.5 Å². The number of likely N-dealkylation sites (N-methyl/N-ethyl adjacent to an activating group) is 2. The van der Waals surface area contributed by atoms with Crippen molar-refractivity contribution in [2.75, 3.05) is 65.9 Å². The van der Waals surface area contributed by atoms with E-state index >= 15 is 4.79 Å². The fourth-order valence-corrected chi connectivity index (χ4v) is 13.2. The van der Waals surface area contributed by atoms with Crippen LogP contribution in [0.1, 0.15) is 68.3 Å². The number of aromatic nitrogens is 1. The van der Waals surface area contributed by atoms with E-state index in [1.807, 2.05) is 56.1 Å². The molecular formula is C44H57N5O7. The molecule has 6 heterocycles. The van der Waals surface area contributed by atoms with Crippen LogP contribution in [0.2, 0.25) is 0 Å². The molecule has 2 aromatic carbocycles. The first-order valence-electron chi connectivity index (χ1n) is 20.5. The van der Waals surface area contributed by atoms with Gasteiger partial charge in [-0.25, -0.2) is 0 Å². The Morgan fingerprint density at radius 2 is 1.82 bits per heavy atom. The summed E-state index contributed by atoms with van der Waals surface area (Å²) in [4.78, 5) is 39.9. The van der Waals surface area contributed by atoms with Gasteiger partial charge >= 0.3 is 5.97 Å². The van der Waals surface area contributed by atoms with Crippen molar-refractivity contribution in [3.63, 3.8) is 0 Å². The molecule has 5 N–H and O–H groups in total. The minimum Gasteiger partial charge on any atom is -0.496 e. The van der Waals surface area contributed by atoms with Gasteiger partial charge in [0.2, 0.25) is 0 Å². The van der Waals surface area contributed by atoms with Crippen LogP contribution in [0.15, 0.2) is 48.6 Å². The summed E-state index contributed by atoms with van der Waals surface area (Å²) in [5.74, 6) is -0.624. The van der Waals surface area contributed by atoms with Crippen LogP contribution in [0.5, 0.6) is 5.75 Å². The molecule has 300 valence electrons. The zero-order valence-corrected chi connectivity index (χ0v) is 33.5. The molecule has 9 rings (SSSR count). The molecule has 2 bridgehead atoms. The third-order valence-electron chi connectivity index (χ3n) is 15.4. The maximum absolute atomic E-state index is 15.2. The highest BCUT2D eigenvalue weighted by molar-refractivity contribution is 5.95. The van der Waals surface area contributed by atoms with E-state index in [1.54, 1.807) is 7.11 Å². The normalized spacial score (nSPS) is 38.4. The topological polar surface area (TPSA) is 151 Å². The number of piperidine rings is 1. The van der Waals surface area contributed by atoms with Crippen molar-refractivity contribution in [1.29, 1.82) is 0 Å². The average molecular weight is 768 g/mol. The molecule has 56 heavy (non-hydrogen) atoms. The molecule has 3 fully saturated rings. The number of esters is 1. The Labute approximate surface area is 328 Å². The van der Waals surface area contributed by atoms with Crippen molar-refractivity contribution < 1.29 is 34.4 Å². The zero-order valence-electron chi connectivity index (χ0n) is 33.5. The van der Waals surface area contributed by atoms with Crippen LogP contribution < -0.4 is 15.0 Å². The van der Waals surface area contributed by atoms with Gasteiger partial charge in [-0.15, -0.1) is 0 Å². The molecule has 1 aliphatic carbocycles. The fourth-order valence-electron chi connectivity index (χ4n) is 13.2. The van der Waals surface area contributed by atoms with Crippen LogP contribution in [-0.4, -0.2) is 132 Å². The molecule has 12 nitrogen and oxygen atoms in total. The maximum atomic E-state index is 15.2. The highest BCUT2D eigenvalue weighted by Crippen LogP contribution is 2.67. The van der Waals surface area contributed by atoms with Crippen LogP contribution >= 0.6 is 0 Å². The van der Waals surface area contributed by atoms with Gasteiger partial charge in [0, 0.05) is 91.1 Å². The number of fused-ring (bicyclic) bond motifs is 6. The van der Waals surface area contributed by atoms with Gasteiger partial charge in [0.05, 0.1) is 25.9 Å². The first-order chi connectivity index (χ1) is 26.8. The van der Waals surface area contributed by atoms with Crippen LogP contribution in [0.25, 0.3) is 10.9 Å². The number of aliphatic hydroxyl groups is 3. The summed E-state index contributed by atoms with van der Waals surface area (Å²) in [5, 5.41) is 41.1. The number of para-hydroxylation sites is 1. The number of carbonyl (C=O) groups is 2. The SMILES string of the molecule is CC[C@]1(O)CC2CN(CCc3c([nH]c4ccccc34)[C@@](C(=O)OC)(c3cc4c(cc3OC)N(C)C3C45CCN4CC=C[C@](CC)([C@H]45)[C@@H](O)[C@@]3(O)C(=O)NC)C2)C1. The van der Waals surface area contributed by atoms with E-state index < -0.39 is 51.5 Å². The maximum Gasteiger partial charge on any atom is 0.322 e. The Hall–Kier alpha value is -3.94. The van der Waals surface area contributed by atoms with Gasteiger partial charge in [-0.05, 0) is 74.2 Å². The predicted molar refractivity (Wildman–Crippen MR) is 213 cm³/mol. The number of aromatic amines is 1. The lowest BCUT2D eigenvalue weighted by molar-refractivity contribution is -0.203. The molecule has 1 spiro atoms. The second-order valence-corrected chi connectivity index (χ2v) is 17.7. The summed E-state index contributed by atoms with van der Waals surface area (Å²) < 4.78 is 12.3. The summed E-state index contributed by atoms with van der Waals surface area (Å²) in [6.07, 6.45) is 6.01. The molecule has 12 heteroatoms. The van der Waals surface area contributed by atoms with Crippen molar-refractivity contribution in [3.8, 4) is 5.75 Å². The molecule has 3 aromatic rings. The molecule has 5 aliphatic heterocycles. The smallest absolute Gasteiger partial charge is 0.322 e. The molecule has 10 atom stereocenters. The zero-order chi connectivity index (χ0) is 39.6. The van der Waals surface area contributed by atoms with Crippen molar-refractivity contribution in [1.82, 2.24) is 20.1 Å². The highest BCUT2D eigenvalue weighted by Gasteiger charge is 2.78. The monoisotopic (exact) mass is 767 g/mol. The molecular weight excluding hydrogens is 711 g/mol. The molecule has 1 aromatic heterocycles. The fraction of sp³-hybridized carbons (Fsp3) is 0.591. The Bertz CT molecular complexity index is 2140. The first-order valence-corrected chi connectivity index (χ1v) is 20.5. The number of ether oxygens (including phenoxy) is 2. The summed E-state index contributed by atoms with van der Waals surface area (Å²) in [6.45, 7) is 7.49. The van der Waals surface area contributed by atoms with Crippen molar-refractivity contribution in [3.05, 3.63) is 70.9 Å². The number of H-pyrrole nitrogens is 1. The number of nitrogens with zero attached hydrogens (tertiary/aromatic N) is 3. The van der Waals surface area contributed by atoms with Gasteiger partial charge in [0.25, 0.3) is 5.91 Å². The van der Waals surface area contributed by atoms with Gasteiger partial charge in [0.15, 0.2) is 5.60 Å². The molecule has 4 unspecified atom stereocenters. The number of rotatable bonds is 6. The Balaban J connectivity index is 1.36. The van der Waals surface area contributed by atoms with Crippen molar-refractivity contribution in [2.24, 2.45) is 11.3 Å². The van der Waals surface area contributed by atoms with E-state index in [2.05, 4.69) is 38.3 Å². The van der Waals surface area contributed by atoms with Crippen molar-refractivity contribution >= 4 is 28.5 Å². The number of hydrogen-bond donors (Lipinski definition) is 5. The van der Waals surface area contributed by atoms with Gasteiger partial charge in [-0.3, -0.25) is 19.4 Å². The molecule has 6 aliphatic rings. The number of nitrogens with one attached hydrogen (secondary N) is 2. The number of amides is 1. The average Bonchev–Trinajstić information content (AvgIpc) is 3.87. The predicted octanol–water partition coefficient (Wildman–Crippen LogP) is 2.99. The molecule has 1 amide bonds. The second-order valence-electron chi connectivity index (χ2n) is 17.7. The number of aliphatic hydroxyl groups excluding tert-OH is 1. The lowest BCUT2D eigenvalue weighted by Gasteiger charge is -2.63. The van der Waals surface area contributed by atoms with Crippen LogP contribution in [0, 0.1) is 11.3 Å². The molecule has 0 radical (unpaired) electrons. The number of benzene rings is 2. The quantitative estimate of drug-likeness (QED) is 0.187. The lowest BCUT2D eigenvalue weighted by atomic mass is 9.47. The van der Waals surface area contributed by atoms with Gasteiger partial charge < -0.3 is 40.0 Å². The minimum absolute atomic E-state index is 0.0712. The van der Waals surface area contributed by atoms with E-state index in [4.69, 9.17) is 9.47 Å². The summed E-state index contributed by atoms with van der Waals surface area (Å²) in [5.41, 5.74) is -1.12. The standard InChI is InChI=1S/C44H57N5O7/c1-7-40(53)22-26-23-43(39(52)56-6,34-28(14-18-48(24-26)25-40)27-12-9-10-13-31(27)46-34)30-20-29-32(21-33(30)55-5)47(4)36-42(29)16-19-49-17-11-15-41(8-2,35(42)49)37(50)44(36,54)38(51)45-3/h9-13,15,20-21,26,35-37,46,50,53-54H,7-8,14,16-19,22-25H2,1-6H3,(H,45,51)/t26?,35-,36?,37+,40-,41+,42?,43-,44+/m0/s1. The Kier molecular flexibility index (Phi) is 8.59. The van der Waals surface area contributed by atoms with Crippen LogP contribution in [-0.2, 0) is 31.6 Å². The number of hydrogen-bond acceptors (Lipinski definition) is 10. The lowest BCUT2D eigenvalue weighted by Crippen LogP contribution is -2.81. The number of methoxy groups -OCH3 is 2. The van der Waals surface area contributed by atoms with E-state index in [1.165, 1.54) is 14.2 Å². The summed E-state index contributed by atoms with van der Waals surface area (Å²) in [6, 6.07) is 11.2. The third kappa shape index (κ3) is 4.59. The van der Waals surface area contributed by atoms with E-state index in [0.29, 0.717) is 69.5 Å². The largest absolute Gasteiger partial charge is 0.496 e. The second kappa shape index (κ2) is 12.8. The Morgan fingerprint density at radius 1 is 1.04 bits per heavy atom. The van der Waals surface area contributed by atoms with Crippen LogP contribution in [0.3, 0.4) is 0 Å². The van der Waals surface area contributed by atoms with Gasteiger partial charge in [-0.2, -0.15) is 0 Å². The number of carbonyl (C=O) groups excluding carboxylic acids is 2. The van der Waals surface area contributed by atoms with E-state index in [9.17, 15) is 20.1 Å². The molecule has 1 saturated carbocycles. The summed E-state index contributed by atoms with van der Waals surface area (Å²) in [7, 11) is 6.46. The third-order valence-corrected chi connectivity index (χ3v) is 15.4. The first kappa shape index (κ1) is 37.6.